The van der Waals surface area contributed by atoms with E-state index in [1.807, 2.05) is 37.3 Å². The van der Waals surface area contributed by atoms with E-state index in [0.717, 1.165) is 11.6 Å². The normalized spacial score (nSPS) is 11.9. The number of carbonyl (C=O) groups is 2. The molecule has 2 aromatic rings. The molecule has 0 aliphatic heterocycles. The van der Waals surface area contributed by atoms with E-state index in [9.17, 15) is 14.0 Å². The lowest BCUT2D eigenvalue weighted by molar-refractivity contribution is -0.148. The second-order valence-electron chi connectivity index (χ2n) is 5.93. The van der Waals surface area contributed by atoms with Crippen LogP contribution in [-0.2, 0) is 14.3 Å². The summed E-state index contributed by atoms with van der Waals surface area (Å²) in [6, 6.07) is 13.7. The van der Waals surface area contributed by atoms with Gasteiger partial charge in [-0.05, 0) is 36.3 Å². The number of rotatable bonds is 7. The number of nitrogens with zero attached hydrogens (tertiary/aromatic N) is 1. The van der Waals surface area contributed by atoms with Crippen LogP contribution in [0.15, 0.2) is 54.6 Å². The molecule has 1 atom stereocenters. The number of methoxy groups -OCH3 is 1. The van der Waals surface area contributed by atoms with E-state index < -0.39 is 11.8 Å². The average Bonchev–Trinajstić information content (AvgIpc) is 2.70. The van der Waals surface area contributed by atoms with E-state index in [0.29, 0.717) is 5.56 Å². The molecule has 2 aromatic carbocycles. The van der Waals surface area contributed by atoms with Crippen molar-refractivity contribution in [3.63, 3.8) is 0 Å². The van der Waals surface area contributed by atoms with Crippen molar-refractivity contribution < 1.29 is 23.5 Å². The maximum atomic E-state index is 13.6. The van der Waals surface area contributed by atoms with Crippen molar-refractivity contribution in [2.45, 2.75) is 13.0 Å². The molecule has 0 N–H and O–H groups in total. The Labute approximate surface area is 158 Å². The van der Waals surface area contributed by atoms with E-state index in [1.165, 1.54) is 30.2 Å². The van der Waals surface area contributed by atoms with Crippen LogP contribution in [0.4, 0.5) is 4.39 Å². The fourth-order valence-corrected chi connectivity index (χ4v) is 2.40. The maximum Gasteiger partial charge on any atom is 0.331 e. The van der Waals surface area contributed by atoms with Crippen molar-refractivity contribution in [3.05, 3.63) is 71.6 Å². The van der Waals surface area contributed by atoms with E-state index in [-0.39, 0.29) is 24.3 Å². The zero-order valence-corrected chi connectivity index (χ0v) is 15.5. The van der Waals surface area contributed by atoms with Gasteiger partial charge in [-0.1, -0.05) is 36.4 Å². The average molecular weight is 371 g/mol. The molecule has 0 unspecified atom stereocenters. The number of ether oxygens (including phenoxy) is 2. The Kier molecular flexibility index (Phi) is 7.11. The second-order valence-corrected chi connectivity index (χ2v) is 5.93. The number of halogens is 1. The minimum Gasteiger partial charge on any atom is -0.494 e. The van der Waals surface area contributed by atoms with Crippen LogP contribution in [0.25, 0.3) is 6.08 Å². The van der Waals surface area contributed by atoms with Crippen LogP contribution >= 0.6 is 0 Å². The van der Waals surface area contributed by atoms with Crippen LogP contribution in [0, 0.1) is 5.82 Å². The molecular weight excluding hydrogens is 349 g/mol. The van der Waals surface area contributed by atoms with Gasteiger partial charge >= 0.3 is 5.97 Å². The van der Waals surface area contributed by atoms with Gasteiger partial charge in [0.05, 0.1) is 13.2 Å². The van der Waals surface area contributed by atoms with Gasteiger partial charge in [-0.2, -0.15) is 0 Å². The Bertz CT molecular complexity index is 820. The van der Waals surface area contributed by atoms with E-state index in [4.69, 9.17) is 9.47 Å². The fraction of sp³-hybridized carbons (Fsp3) is 0.238. The molecule has 0 heterocycles. The second kappa shape index (κ2) is 9.52. The molecule has 0 aliphatic carbocycles. The van der Waals surface area contributed by atoms with E-state index >= 15 is 0 Å². The molecule has 0 fully saturated rings. The lowest BCUT2D eigenvalue weighted by Crippen LogP contribution is -2.33. The summed E-state index contributed by atoms with van der Waals surface area (Å²) in [5.41, 5.74) is 1.47. The predicted octanol–water partition coefficient (Wildman–Crippen LogP) is 3.61. The van der Waals surface area contributed by atoms with Crippen molar-refractivity contribution in [3.8, 4) is 5.75 Å². The van der Waals surface area contributed by atoms with Crippen molar-refractivity contribution in [1.29, 1.82) is 0 Å². The molecule has 0 saturated carbocycles. The molecule has 0 spiro atoms. The number of carbonyl (C=O) groups excluding carboxylic acids is 2. The summed E-state index contributed by atoms with van der Waals surface area (Å²) < 4.78 is 23.4. The molecule has 0 aromatic heterocycles. The number of hydrogen-bond acceptors (Lipinski definition) is 4. The first-order chi connectivity index (χ1) is 12.9. The number of likely N-dealkylation sites (N-methyl/N-ethyl adjacent to an activating group) is 1. The van der Waals surface area contributed by atoms with Gasteiger partial charge in [0.1, 0.15) is 0 Å². The monoisotopic (exact) mass is 371 g/mol. The zero-order chi connectivity index (χ0) is 19.8. The number of benzene rings is 2. The molecular formula is C21H22FNO4. The summed E-state index contributed by atoms with van der Waals surface area (Å²) in [6.07, 6.45) is 2.56. The van der Waals surface area contributed by atoms with Gasteiger partial charge in [-0.25, -0.2) is 9.18 Å². The summed E-state index contributed by atoms with van der Waals surface area (Å²) in [4.78, 5) is 25.5. The van der Waals surface area contributed by atoms with E-state index in [2.05, 4.69) is 0 Å². The highest BCUT2D eigenvalue weighted by Gasteiger charge is 2.18. The lowest BCUT2D eigenvalue weighted by atomic mass is 10.1. The lowest BCUT2D eigenvalue weighted by Gasteiger charge is -2.25. The Morgan fingerprint density at radius 2 is 1.89 bits per heavy atom. The topological polar surface area (TPSA) is 55.8 Å². The fourth-order valence-electron chi connectivity index (χ4n) is 2.40. The van der Waals surface area contributed by atoms with Crippen LogP contribution < -0.4 is 4.74 Å². The summed E-state index contributed by atoms with van der Waals surface area (Å²) in [6.45, 7) is 1.53. The highest BCUT2D eigenvalue weighted by atomic mass is 19.1. The SMILES string of the molecule is COc1ccc(/C=C/C(=O)OCC(=O)N(C)[C@H](C)c2ccccc2)cc1F. The minimum atomic E-state index is -0.680. The highest BCUT2D eigenvalue weighted by Crippen LogP contribution is 2.19. The van der Waals surface area contributed by atoms with Gasteiger partial charge in [0, 0.05) is 13.1 Å². The number of amides is 1. The Hall–Kier alpha value is -3.15. The van der Waals surface area contributed by atoms with Crippen LogP contribution in [-0.4, -0.2) is 37.5 Å². The first-order valence-electron chi connectivity index (χ1n) is 8.41. The van der Waals surface area contributed by atoms with Crippen molar-refractivity contribution in [2.24, 2.45) is 0 Å². The largest absolute Gasteiger partial charge is 0.494 e. The van der Waals surface area contributed by atoms with Gasteiger partial charge < -0.3 is 14.4 Å². The molecule has 1 amide bonds. The quantitative estimate of drug-likeness (QED) is 0.551. The number of esters is 1. The van der Waals surface area contributed by atoms with Crippen LogP contribution in [0.5, 0.6) is 5.75 Å². The molecule has 2 rings (SSSR count). The first-order valence-corrected chi connectivity index (χ1v) is 8.41. The third kappa shape index (κ3) is 5.67. The Morgan fingerprint density at radius 3 is 2.52 bits per heavy atom. The van der Waals surface area contributed by atoms with Gasteiger partial charge in [0.25, 0.3) is 5.91 Å². The molecule has 142 valence electrons. The number of hydrogen-bond donors (Lipinski definition) is 0. The third-order valence-corrected chi connectivity index (χ3v) is 4.18. The molecule has 0 radical (unpaired) electrons. The molecule has 27 heavy (non-hydrogen) atoms. The molecule has 5 nitrogen and oxygen atoms in total. The van der Waals surface area contributed by atoms with Crippen LogP contribution in [0.3, 0.4) is 0 Å². The molecule has 0 aliphatic rings. The van der Waals surface area contributed by atoms with Gasteiger partial charge in [0.15, 0.2) is 18.2 Å². The summed E-state index contributed by atoms with van der Waals surface area (Å²) in [5, 5.41) is 0. The smallest absolute Gasteiger partial charge is 0.331 e. The van der Waals surface area contributed by atoms with Crippen molar-refractivity contribution >= 4 is 18.0 Å². The predicted molar refractivity (Wildman–Crippen MR) is 101 cm³/mol. The van der Waals surface area contributed by atoms with Gasteiger partial charge in [-0.3, -0.25) is 4.79 Å². The highest BCUT2D eigenvalue weighted by molar-refractivity contribution is 5.89. The summed E-state index contributed by atoms with van der Waals surface area (Å²) in [5.74, 6) is -1.40. The van der Waals surface area contributed by atoms with Crippen molar-refractivity contribution in [1.82, 2.24) is 4.90 Å². The van der Waals surface area contributed by atoms with E-state index in [1.54, 1.807) is 13.1 Å². The zero-order valence-electron chi connectivity index (χ0n) is 15.5. The minimum absolute atomic E-state index is 0.121. The summed E-state index contributed by atoms with van der Waals surface area (Å²) >= 11 is 0. The third-order valence-electron chi connectivity index (χ3n) is 4.18. The van der Waals surface area contributed by atoms with Gasteiger partial charge in [0.2, 0.25) is 0 Å². The molecule has 0 saturated heterocycles. The van der Waals surface area contributed by atoms with Crippen LogP contribution in [0.1, 0.15) is 24.1 Å². The Balaban J connectivity index is 1.87. The standard InChI is InChI=1S/C21H22FNO4/c1-15(17-7-5-4-6-8-17)23(2)20(24)14-27-21(25)12-10-16-9-11-19(26-3)18(22)13-16/h4-13,15H,14H2,1-3H3/b12-10+/t15-/m1/s1. The molecule has 6 heteroatoms. The summed E-state index contributed by atoms with van der Waals surface area (Å²) in [7, 11) is 3.03. The molecule has 0 bridgehead atoms. The van der Waals surface area contributed by atoms with Crippen LogP contribution in [0.2, 0.25) is 0 Å². The maximum absolute atomic E-state index is 13.6. The Morgan fingerprint density at radius 1 is 1.19 bits per heavy atom. The first kappa shape index (κ1) is 20.2. The van der Waals surface area contributed by atoms with Gasteiger partial charge in [-0.15, -0.1) is 0 Å². The van der Waals surface area contributed by atoms with Crippen molar-refractivity contribution in [2.75, 3.05) is 20.8 Å².